The molecule has 0 fully saturated rings. The molecule has 0 aromatic carbocycles. The van der Waals surface area contributed by atoms with Gasteiger partial charge in [-0.1, -0.05) is 6.92 Å². The van der Waals surface area contributed by atoms with Crippen LogP contribution in [0.3, 0.4) is 0 Å². The normalized spacial score (nSPS) is 10.8. The molecule has 0 bridgehead atoms. The number of nitrogens with two attached hydrogens (primary N) is 1. The molecular formula is C9H16ClN3O3S2. The van der Waals surface area contributed by atoms with Crippen molar-refractivity contribution in [2.24, 2.45) is 5.14 Å². The quantitative estimate of drug-likeness (QED) is 0.651. The molecule has 0 spiro atoms. The molecule has 0 saturated carbocycles. The van der Waals surface area contributed by atoms with E-state index in [9.17, 15) is 13.2 Å². The third-order valence-corrected chi connectivity index (χ3v) is 4.34. The number of hydrogen-bond acceptors (Lipinski definition) is 5. The van der Waals surface area contributed by atoms with Crippen molar-refractivity contribution in [2.75, 3.05) is 19.6 Å². The SMILES string of the molecule is CCNCCNC(=O)c1csc(S(N)(=O)=O)c1.Cl. The van der Waals surface area contributed by atoms with Crippen molar-refractivity contribution >= 4 is 39.7 Å². The second-order valence-electron chi connectivity index (χ2n) is 3.31. The summed E-state index contributed by atoms with van der Waals surface area (Å²) in [5.41, 5.74) is 0.315. The van der Waals surface area contributed by atoms with E-state index in [1.165, 1.54) is 11.4 Å². The van der Waals surface area contributed by atoms with Crippen LogP contribution < -0.4 is 15.8 Å². The Balaban J connectivity index is 0.00000289. The van der Waals surface area contributed by atoms with Gasteiger partial charge in [0.2, 0.25) is 10.0 Å². The Hall–Kier alpha value is -0.670. The Morgan fingerprint density at radius 1 is 1.44 bits per heavy atom. The van der Waals surface area contributed by atoms with Gasteiger partial charge in [0.05, 0.1) is 5.56 Å². The molecular weight excluding hydrogens is 298 g/mol. The topological polar surface area (TPSA) is 101 Å². The van der Waals surface area contributed by atoms with Crippen molar-refractivity contribution in [1.82, 2.24) is 10.6 Å². The largest absolute Gasteiger partial charge is 0.351 e. The summed E-state index contributed by atoms with van der Waals surface area (Å²) in [6, 6.07) is 1.28. The first-order valence-electron chi connectivity index (χ1n) is 5.05. The summed E-state index contributed by atoms with van der Waals surface area (Å²) in [6.07, 6.45) is 0. The van der Waals surface area contributed by atoms with E-state index in [-0.39, 0.29) is 22.5 Å². The van der Waals surface area contributed by atoms with Crippen molar-refractivity contribution in [3.63, 3.8) is 0 Å². The molecule has 0 aliphatic rings. The fourth-order valence-corrected chi connectivity index (χ4v) is 2.71. The maximum Gasteiger partial charge on any atom is 0.252 e. The number of nitrogens with one attached hydrogen (secondary N) is 2. The molecule has 1 heterocycles. The van der Waals surface area contributed by atoms with Crippen LogP contribution in [-0.4, -0.2) is 34.0 Å². The molecule has 1 amide bonds. The van der Waals surface area contributed by atoms with E-state index < -0.39 is 10.0 Å². The van der Waals surface area contributed by atoms with Crippen LogP contribution in [0, 0.1) is 0 Å². The summed E-state index contributed by atoms with van der Waals surface area (Å²) >= 11 is 0.939. The lowest BCUT2D eigenvalue weighted by molar-refractivity contribution is 0.0954. The number of halogens is 1. The zero-order valence-corrected chi connectivity index (χ0v) is 12.3. The first-order valence-corrected chi connectivity index (χ1v) is 7.48. The summed E-state index contributed by atoms with van der Waals surface area (Å²) in [7, 11) is -3.72. The Bertz CT molecular complexity index is 487. The monoisotopic (exact) mass is 313 g/mol. The highest BCUT2D eigenvalue weighted by molar-refractivity contribution is 7.91. The molecule has 0 atom stereocenters. The standard InChI is InChI=1S/C9H15N3O3S2.ClH/c1-2-11-3-4-12-9(13)7-5-8(16-6-7)17(10,14)15;/h5-6,11H,2-4H2,1H3,(H,12,13)(H2,10,14,15);1H. The number of carbonyl (C=O) groups excluding carboxylic acids is 1. The van der Waals surface area contributed by atoms with Gasteiger partial charge in [0.1, 0.15) is 4.21 Å². The molecule has 1 aromatic rings. The molecule has 104 valence electrons. The molecule has 6 nitrogen and oxygen atoms in total. The highest BCUT2D eigenvalue weighted by Crippen LogP contribution is 2.18. The first-order chi connectivity index (χ1) is 7.95. The maximum absolute atomic E-state index is 11.6. The van der Waals surface area contributed by atoms with Crippen LogP contribution in [0.4, 0.5) is 0 Å². The Morgan fingerprint density at radius 2 is 2.11 bits per heavy atom. The number of carbonyl (C=O) groups is 1. The van der Waals surface area contributed by atoms with Crippen molar-refractivity contribution in [1.29, 1.82) is 0 Å². The number of amides is 1. The number of primary sulfonamides is 1. The predicted molar refractivity (Wildman–Crippen MR) is 73.8 cm³/mol. The Morgan fingerprint density at radius 3 is 2.61 bits per heavy atom. The zero-order valence-electron chi connectivity index (χ0n) is 9.80. The molecule has 0 aliphatic carbocycles. The summed E-state index contributed by atoms with van der Waals surface area (Å²) in [6.45, 7) is 3.98. The van der Waals surface area contributed by atoms with Crippen molar-refractivity contribution in [3.05, 3.63) is 17.0 Å². The Kier molecular flexibility index (Phi) is 7.41. The second-order valence-corrected chi connectivity index (χ2v) is 6.01. The predicted octanol–water partition coefficient (Wildman–Crippen LogP) is 0.157. The molecule has 1 rings (SSSR count). The molecule has 1 aromatic heterocycles. The lowest BCUT2D eigenvalue weighted by Crippen LogP contribution is -2.31. The highest BCUT2D eigenvalue weighted by Gasteiger charge is 2.14. The van der Waals surface area contributed by atoms with Crippen LogP contribution in [0.15, 0.2) is 15.7 Å². The molecule has 4 N–H and O–H groups in total. The molecule has 0 unspecified atom stereocenters. The number of likely N-dealkylation sites (N-methyl/N-ethyl adjacent to an activating group) is 1. The highest BCUT2D eigenvalue weighted by atomic mass is 35.5. The van der Waals surface area contributed by atoms with E-state index in [1.807, 2.05) is 6.92 Å². The fourth-order valence-electron chi connectivity index (χ4n) is 1.13. The second kappa shape index (κ2) is 7.70. The van der Waals surface area contributed by atoms with E-state index in [0.29, 0.717) is 18.7 Å². The number of rotatable bonds is 6. The smallest absolute Gasteiger partial charge is 0.252 e. The van der Waals surface area contributed by atoms with Crippen LogP contribution in [0.25, 0.3) is 0 Å². The molecule has 0 saturated heterocycles. The summed E-state index contributed by atoms with van der Waals surface area (Å²) < 4.78 is 22.0. The van der Waals surface area contributed by atoms with Gasteiger partial charge in [0, 0.05) is 18.5 Å². The summed E-state index contributed by atoms with van der Waals surface area (Å²) in [4.78, 5) is 11.6. The van der Waals surface area contributed by atoms with E-state index in [0.717, 1.165) is 17.9 Å². The minimum absolute atomic E-state index is 0. The van der Waals surface area contributed by atoms with Crippen molar-refractivity contribution in [2.45, 2.75) is 11.1 Å². The van der Waals surface area contributed by atoms with Crippen LogP contribution in [0.1, 0.15) is 17.3 Å². The van der Waals surface area contributed by atoms with E-state index in [2.05, 4.69) is 10.6 Å². The van der Waals surface area contributed by atoms with Crippen LogP contribution in [-0.2, 0) is 10.0 Å². The minimum atomic E-state index is -3.72. The van der Waals surface area contributed by atoms with E-state index in [1.54, 1.807) is 0 Å². The molecule has 0 aliphatic heterocycles. The maximum atomic E-state index is 11.6. The summed E-state index contributed by atoms with van der Waals surface area (Å²) in [5, 5.41) is 12.2. The first kappa shape index (κ1) is 17.3. The number of hydrogen-bond donors (Lipinski definition) is 3. The van der Waals surface area contributed by atoms with Gasteiger partial charge in [-0.15, -0.1) is 23.7 Å². The minimum Gasteiger partial charge on any atom is -0.351 e. The van der Waals surface area contributed by atoms with Gasteiger partial charge in [-0.2, -0.15) is 0 Å². The van der Waals surface area contributed by atoms with Gasteiger partial charge in [-0.05, 0) is 12.6 Å². The lowest BCUT2D eigenvalue weighted by Gasteiger charge is -2.03. The fraction of sp³-hybridized carbons (Fsp3) is 0.444. The summed E-state index contributed by atoms with van der Waals surface area (Å²) in [5.74, 6) is -0.297. The third kappa shape index (κ3) is 5.32. The van der Waals surface area contributed by atoms with Gasteiger partial charge in [-0.3, -0.25) is 4.79 Å². The van der Waals surface area contributed by atoms with Gasteiger partial charge >= 0.3 is 0 Å². The molecule has 18 heavy (non-hydrogen) atoms. The van der Waals surface area contributed by atoms with Crippen LogP contribution in [0.5, 0.6) is 0 Å². The lowest BCUT2D eigenvalue weighted by atomic mass is 10.3. The van der Waals surface area contributed by atoms with Gasteiger partial charge in [0.15, 0.2) is 0 Å². The number of sulfonamides is 1. The van der Waals surface area contributed by atoms with Gasteiger partial charge in [-0.25, -0.2) is 13.6 Å². The average Bonchev–Trinajstić information content (AvgIpc) is 2.72. The Labute approximate surface area is 116 Å². The van der Waals surface area contributed by atoms with Gasteiger partial charge < -0.3 is 10.6 Å². The molecule has 0 radical (unpaired) electrons. The average molecular weight is 314 g/mol. The van der Waals surface area contributed by atoms with Crippen molar-refractivity contribution in [3.8, 4) is 0 Å². The van der Waals surface area contributed by atoms with E-state index >= 15 is 0 Å². The third-order valence-electron chi connectivity index (χ3n) is 1.96. The van der Waals surface area contributed by atoms with Crippen molar-refractivity contribution < 1.29 is 13.2 Å². The zero-order chi connectivity index (χ0) is 12.9. The van der Waals surface area contributed by atoms with Gasteiger partial charge in [0.25, 0.3) is 5.91 Å². The van der Waals surface area contributed by atoms with E-state index in [4.69, 9.17) is 5.14 Å². The van der Waals surface area contributed by atoms with Crippen LogP contribution in [0.2, 0.25) is 0 Å². The van der Waals surface area contributed by atoms with Crippen LogP contribution >= 0.6 is 23.7 Å². The number of thiophene rings is 1. The molecule has 9 heteroatoms.